The third kappa shape index (κ3) is 5.43. The molecule has 0 aliphatic rings. The van der Waals surface area contributed by atoms with Gasteiger partial charge in [0.2, 0.25) is 10.0 Å². The minimum absolute atomic E-state index is 0.255. The maximum Gasteiger partial charge on any atom is 0.265 e. The second-order valence-corrected chi connectivity index (χ2v) is 9.53. The Bertz CT molecular complexity index is 1160. The summed E-state index contributed by atoms with van der Waals surface area (Å²) >= 11 is 7.33. The fraction of sp³-hybridized carbons (Fsp3) is 0.167. The minimum atomic E-state index is -3.47. The fourth-order valence-electron chi connectivity index (χ4n) is 2.50. The number of carbonyl (C=O) groups excluding carboxylic acids is 1. The van der Waals surface area contributed by atoms with Crippen LogP contribution in [0.2, 0.25) is 5.02 Å². The molecule has 11 heteroatoms. The number of carbonyl (C=O) groups is 1. The second kappa shape index (κ2) is 8.36. The number of nitrogens with zero attached hydrogens (tertiary/aromatic N) is 2. The van der Waals surface area contributed by atoms with Crippen molar-refractivity contribution in [3.63, 3.8) is 0 Å². The number of aromatic nitrogens is 2. The Morgan fingerprint density at radius 3 is 2.41 bits per heavy atom. The van der Waals surface area contributed by atoms with E-state index < -0.39 is 10.0 Å². The number of nitrogens with one attached hydrogen (secondary N) is 2. The van der Waals surface area contributed by atoms with Gasteiger partial charge in [-0.25, -0.2) is 18.4 Å². The molecule has 1 aromatic carbocycles. The van der Waals surface area contributed by atoms with Gasteiger partial charge in [0, 0.05) is 21.2 Å². The van der Waals surface area contributed by atoms with Crippen LogP contribution in [0.15, 0.2) is 36.7 Å². The predicted molar refractivity (Wildman–Crippen MR) is 115 cm³/mol. The van der Waals surface area contributed by atoms with E-state index in [4.69, 9.17) is 16.3 Å². The van der Waals surface area contributed by atoms with Crippen molar-refractivity contribution in [2.75, 3.05) is 23.4 Å². The van der Waals surface area contributed by atoms with Crippen molar-refractivity contribution in [1.29, 1.82) is 0 Å². The van der Waals surface area contributed by atoms with E-state index in [0.717, 1.165) is 16.7 Å². The summed E-state index contributed by atoms with van der Waals surface area (Å²) in [6.45, 7) is 1.87. The number of aryl methyl sites for hydroxylation is 1. The molecular weight excluding hydrogens is 436 g/mol. The first-order chi connectivity index (χ1) is 13.6. The zero-order chi connectivity index (χ0) is 21.2. The molecule has 0 fully saturated rings. The number of anilines is 2. The zero-order valence-corrected chi connectivity index (χ0v) is 18.1. The molecular formula is C18H17ClN4O4S2. The van der Waals surface area contributed by atoms with Crippen molar-refractivity contribution in [3.05, 3.63) is 51.4 Å². The number of rotatable bonds is 6. The topological polar surface area (TPSA) is 110 Å². The quantitative estimate of drug-likeness (QED) is 0.588. The Labute approximate surface area is 177 Å². The molecule has 1 amide bonds. The number of hydrogen-bond donors (Lipinski definition) is 2. The SMILES string of the molecule is COc1cnc(-c2cc(C(=O)Nc3cc(Cl)cc(NS(C)(=O)=O)c3)sc2C)nc1. The van der Waals surface area contributed by atoms with Gasteiger partial charge in [0.05, 0.1) is 36.3 Å². The van der Waals surface area contributed by atoms with Gasteiger partial charge in [0.25, 0.3) is 5.91 Å². The molecule has 0 atom stereocenters. The van der Waals surface area contributed by atoms with Crippen LogP contribution in [0.4, 0.5) is 11.4 Å². The van der Waals surface area contributed by atoms with E-state index in [-0.39, 0.29) is 16.6 Å². The van der Waals surface area contributed by atoms with Crippen LogP contribution in [-0.2, 0) is 10.0 Å². The molecule has 0 bridgehead atoms. The molecule has 0 saturated carbocycles. The highest BCUT2D eigenvalue weighted by Crippen LogP contribution is 2.30. The van der Waals surface area contributed by atoms with E-state index in [9.17, 15) is 13.2 Å². The van der Waals surface area contributed by atoms with Crippen LogP contribution < -0.4 is 14.8 Å². The van der Waals surface area contributed by atoms with Gasteiger partial charge >= 0.3 is 0 Å². The summed E-state index contributed by atoms with van der Waals surface area (Å²) in [5.74, 6) is 0.672. The summed E-state index contributed by atoms with van der Waals surface area (Å²) in [4.78, 5) is 22.5. The monoisotopic (exact) mass is 452 g/mol. The molecule has 8 nitrogen and oxygen atoms in total. The normalized spacial score (nSPS) is 11.2. The van der Waals surface area contributed by atoms with Crippen molar-refractivity contribution in [2.45, 2.75) is 6.92 Å². The van der Waals surface area contributed by atoms with Crippen molar-refractivity contribution in [1.82, 2.24) is 9.97 Å². The van der Waals surface area contributed by atoms with Crippen LogP contribution in [0.25, 0.3) is 11.4 Å². The first kappa shape index (κ1) is 21.0. The van der Waals surface area contributed by atoms with Crippen LogP contribution in [0.5, 0.6) is 5.75 Å². The summed E-state index contributed by atoms with van der Waals surface area (Å²) in [5, 5.41) is 3.01. The number of hydrogen-bond acceptors (Lipinski definition) is 7. The summed E-state index contributed by atoms with van der Waals surface area (Å²) < 4.78 is 30.2. The number of benzene rings is 1. The van der Waals surface area contributed by atoms with E-state index in [2.05, 4.69) is 20.0 Å². The maximum atomic E-state index is 12.7. The van der Waals surface area contributed by atoms with E-state index in [1.54, 1.807) is 18.5 Å². The lowest BCUT2D eigenvalue weighted by Crippen LogP contribution is -2.12. The van der Waals surface area contributed by atoms with Gasteiger partial charge in [-0.15, -0.1) is 11.3 Å². The average Bonchev–Trinajstić information content (AvgIpc) is 3.01. The molecule has 2 aromatic heterocycles. The number of methoxy groups -OCH3 is 1. The molecule has 0 spiro atoms. The molecule has 2 heterocycles. The van der Waals surface area contributed by atoms with Crippen LogP contribution >= 0.6 is 22.9 Å². The van der Waals surface area contributed by atoms with Crippen LogP contribution in [0, 0.1) is 6.92 Å². The van der Waals surface area contributed by atoms with Crippen LogP contribution in [0.3, 0.4) is 0 Å². The molecule has 3 aromatic rings. The zero-order valence-electron chi connectivity index (χ0n) is 15.7. The average molecular weight is 453 g/mol. The number of sulfonamides is 1. The minimum Gasteiger partial charge on any atom is -0.494 e. The lowest BCUT2D eigenvalue weighted by molar-refractivity contribution is 0.103. The van der Waals surface area contributed by atoms with E-state index >= 15 is 0 Å². The van der Waals surface area contributed by atoms with Crippen LogP contribution in [-0.4, -0.2) is 37.7 Å². The molecule has 0 unspecified atom stereocenters. The Balaban J connectivity index is 1.83. The first-order valence-electron chi connectivity index (χ1n) is 8.21. The van der Waals surface area contributed by atoms with Gasteiger partial charge in [-0.1, -0.05) is 11.6 Å². The lowest BCUT2D eigenvalue weighted by atomic mass is 10.2. The van der Waals surface area contributed by atoms with Gasteiger partial charge in [-0.2, -0.15) is 0 Å². The molecule has 2 N–H and O–H groups in total. The van der Waals surface area contributed by atoms with E-state index in [0.29, 0.717) is 22.1 Å². The third-order valence-electron chi connectivity index (χ3n) is 3.71. The van der Waals surface area contributed by atoms with Crippen molar-refractivity contribution in [2.24, 2.45) is 0 Å². The standard InChI is InChI=1S/C18H17ClN4O4S2/c1-10-15(17-20-8-14(27-2)9-21-17)7-16(28-10)18(24)22-12-4-11(19)5-13(6-12)23-29(3,25)26/h4-9,23H,1-3H3,(H,22,24). The molecule has 3 rings (SSSR count). The van der Waals surface area contributed by atoms with Gasteiger partial charge in [0.1, 0.15) is 0 Å². The Morgan fingerprint density at radius 1 is 1.14 bits per heavy atom. The van der Waals surface area contributed by atoms with Crippen molar-refractivity contribution >= 4 is 50.2 Å². The molecule has 0 radical (unpaired) electrons. The highest BCUT2D eigenvalue weighted by atomic mass is 35.5. The molecule has 0 saturated heterocycles. The van der Waals surface area contributed by atoms with E-state index in [1.807, 2.05) is 6.92 Å². The van der Waals surface area contributed by atoms with E-state index in [1.165, 1.54) is 36.6 Å². The fourth-order valence-corrected chi connectivity index (χ4v) is 4.20. The predicted octanol–water partition coefficient (Wildman–Crippen LogP) is 3.80. The Hall–Kier alpha value is -2.69. The third-order valence-corrected chi connectivity index (χ3v) is 5.58. The Morgan fingerprint density at radius 2 is 1.79 bits per heavy atom. The Kier molecular flexibility index (Phi) is 6.06. The molecule has 29 heavy (non-hydrogen) atoms. The van der Waals surface area contributed by atoms with Gasteiger partial charge in [-0.3, -0.25) is 9.52 Å². The van der Waals surface area contributed by atoms with Crippen LogP contribution in [0.1, 0.15) is 14.5 Å². The highest BCUT2D eigenvalue weighted by Gasteiger charge is 2.16. The second-order valence-electron chi connectivity index (χ2n) is 6.08. The molecule has 0 aliphatic carbocycles. The summed E-state index contributed by atoms with van der Waals surface area (Å²) in [5.41, 5.74) is 1.36. The summed E-state index contributed by atoms with van der Waals surface area (Å²) in [7, 11) is -1.94. The number of ether oxygens (including phenoxy) is 1. The number of halogens is 1. The number of amides is 1. The first-order valence-corrected chi connectivity index (χ1v) is 11.3. The van der Waals surface area contributed by atoms with Crippen molar-refractivity contribution < 1.29 is 17.9 Å². The summed E-state index contributed by atoms with van der Waals surface area (Å²) in [6.07, 6.45) is 4.15. The van der Waals surface area contributed by atoms with Crippen molar-refractivity contribution in [3.8, 4) is 17.1 Å². The highest BCUT2D eigenvalue weighted by molar-refractivity contribution is 7.92. The van der Waals surface area contributed by atoms with Gasteiger partial charge in [-0.05, 0) is 31.2 Å². The maximum absolute atomic E-state index is 12.7. The number of thiophene rings is 1. The smallest absolute Gasteiger partial charge is 0.265 e. The lowest BCUT2D eigenvalue weighted by Gasteiger charge is -2.09. The largest absolute Gasteiger partial charge is 0.494 e. The molecule has 0 aliphatic heterocycles. The molecule has 152 valence electrons. The van der Waals surface area contributed by atoms with Gasteiger partial charge < -0.3 is 10.1 Å². The van der Waals surface area contributed by atoms with Gasteiger partial charge in [0.15, 0.2) is 11.6 Å². The summed E-state index contributed by atoms with van der Waals surface area (Å²) in [6, 6.07) is 6.17.